The molecule has 0 aromatic rings. The minimum absolute atomic E-state index is 0.00509. The lowest BCUT2D eigenvalue weighted by molar-refractivity contribution is -0.162. The molecule has 1 atom stereocenters. The van der Waals surface area contributed by atoms with Crippen molar-refractivity contribution >= 4 is 11.9 Å². The second-order valence-corrected chi connectivity index (χ2v) is 14.9. The van der Waals surface area contributed by atoms with Crippen molar-refractivity contribution in [2.75, 3.05) is 19.8 Å². The molecule has 344 valence electrons. The lowest BCUT2D eigenvalue weighted by Crippen LogP contribution is -2.29. The number of unbranched alkanes of at least 4 members (excludes halogenated alkanes) is 5. The smallest absolute Gasteiger partial charge is 0.310 e. The van der Waals surface area contributed by atoms with E-state index in [0.29, 0.717) is 19.4 Å². The summed E-state index contributed by atoms with van der Waals surface area (Å²) in [4.78, 5) is 25.3. The third-order valence-corrected chi connectivity index (χ3v) is 9.07. The Kier molecular flexibility index (Phi) is 47.2. The number of hydrogen-bond acceptors (Lipinski definition) is 5. The van der Waals surface area contributed by atoms with Gasteiger partial charge >= 0.3 is 11.9 Å². The van der Waals surface area contributed by atoms with Crippen LogP contribution in [0.4, 0.5) is 0 Å². The third-order valence-electron chi connectivity index (χ3n) is 9.07. The van der Waals surface area contributed by atoms with E-state index in [9.17, 15) is 9.59 Å². The van der Waals surface area contributed by atoms with E-state index in [1.165, 1.54) is 0 Å². The van der Waals surface area contributed by atoms with Gasteiger partial charge in [-0.2, -0.15) is 0 Å². The molecule has 0 heterocycles. The number of rotatable bonds is 41. The Labute approximate surface area is 380 Å². The minimum Gasteiger partial charge on any atom is -0.462 e. The zero-order chi connectivity index (χ0) is 44.9. The van der Waals surface area contributed by atoms with E-state index in [-0.39, 0.29) is 31.6 Å². The van der Waals surface area contributed by atoms with Gasteiger partial charge in [0.25, 0.3) is 0 Å². The fourth-order valence-electron chi connectivity index (χ4n) is 5.63. The van der Waals surface area contributed by atoms with Gasteiger partial charge in [0.05, 0.1) is 13.0 Å². The normalized spacial score (nSPS) is 13.7. The highest BCUT2D eigenvalue weighted by molar-refractivity contribution is 5.71. The summed E-state index contributed by atoms with van der Waals surface area (Å²) in [6, 6.07) is 0. The van der Waals surface area contributed by atoms with Crippen molar-refractivity contribution in [3.63, 3.8) is 0 Å². The first kappa shape index (κ1) is 57.5. The van der Waals surface area contributed by atoms with E-state index in [2.05, 4.69) is 167 Å². The predicted octanol–water partition coefficient (Wildman–Crippen LogP) is 16.3. The highest BCUT2D eigenvalue weighted by atomic mass is 16.6. The summed E-state index contributed by atoms with van der Waals surface area (Å²) >= 11 is 0. The summed E-state index contributed by atoms with van der Waals surface area (Å²) in [5.74, 6) is -0.642. The van der Waals surface area contributed by atoms with Crippen LogP contribution in [-0.4, -0.2) is 37.9 Å². The number of esters is 2. The van der Waals surface area contributed by atoms with Gasteiger partial charge in [-0.3, -0.25) is 9.59 Å². The van der Waals surface area contributed by atoms with Crippen molar-refractivity contribution in [1.29, 1.82) is 0 Å². The first-order valence-corrected chi connectivity index (χ1v) is 24.0. The largest absolute Gasteiger partial charge is 0.462 e. The SMILES string of the molecule is CC/C=C\C/C=C\C/C=C\C/C=C\C/C=C\CCCC(=O)OCC(COCCCCCC/C=C\C/C=C\C/C=C\CC)OC(=O)C/C=C\C/C=C\C/C=C\C/C=C\C/C=C\CC. The summed E-state index contributed by atoms with van der Waals surface area (Å²) < 4.78 is 17.2. The summed E-state index contributed by atoms with van der Waals surface area (Å²) in [7, 11) is 0. The topological polar surface area (TPSA) is 61.8 Å². The first-order chi connectivity index (χ1) is 30.6. The van der Waals surface area contributed by atoms with Crippen LogP contribution in [-0.2, 0) is 23.8 Å². The Morgan fingerprint density at radius 3 is 1.15 bits per heavy atom. The van der Waals surface area contributed by atoms with Gasteiger partial charge < -0.3 is 14.2 Å². The van der Waals surface area contributed by atoms with Crippen LogP contribution < -0.4 is 0 Å². The summed E-state index contributed by atoms with van der Waals surface area (Å²) in [5.41, 5.74) is 0. The third kappa shape index (κ3) is 48.2. The highest BCUT2D eigenvalue weighted by Crippen LogP contribution is 2.08. The molecule has 0 spiro atoms. The monoisotopic (exact) mass is 851 g/mol. The fourth-order valence-corrected chi connectivity index (χ4v) is 5.63. The number of carbonyl (C=O) groups is 2. The number of ether oxygens (including phenoxy) is 3. The molecule has 0 aliphatic rings. The van der Waals surface area contributed by atoms with E-state index >= 15 is 0 Å². The zero-order valence-corrected chi connectivity index (χ0v) is 39.3. The van der Waals surface area contributed by atoms with Crippen LogP contribution in [0.15, 0.2) is 158 Å². The average Bonchev–Trinajstić information content (AvgIpc) is 3.27. The predicted molar refractivity (Wildman–Crippen MR) is 269 cm³/mol. The van der Waals surface area contributed by atoms with E-state index in [1.807, 2.05) is 12.2 Å². The lowest BCUT2D eigenvalue weighted by atomic mass is 10.1. The second kappa shape index (κ2) is 50.9. The van der Waals surface area contributed by atoms with Crippen LogP contribution in [0.3, 0.4) is 0 Å². The van der Waals surface area contributed by atoms with Crippen LogP contribution in [0.1, 0.15) is 162 Å². The van der Waals surface area contributed by atoms with Crippen molar-refractivity contribution in [3.05, 3.63) is 158 Å². The Balaban J connectivity index is 4.57. The van der Waals surface area contributed by atoms with Crippen LogP contribution >= 0.6 is 0 Å². The maximum absolute atomic E-state index is 12.7. The van der Waals surface area contributed by atoms with E-state index < -0.39 is 6.10 Å². The Hall–Kier alpha value is -4.48. The van der Waals surface area contributed by atoms with Gasteiger partial charge in [-0.05, 0) is 116 Å². The van der Waals surface area contributed by atoms with Gasteiger partial charge in [-0.15, -0.1) is 0 Å². The number of allylic oxidation sites excluding steroid dienone is 25. The highest BCUT2D eigenvalue weighted by Gasteiger charge is 2.17. The van der Waals surface area contributed by atoms with Crippen LogP contribution in [0, 0.1) is 0 Å². The van der Waals surface area contributed by atoms with E-state index in [0.717, 1.165) is 122 Å². The van der Waals surface area contributed by atoms with Gasteiger partial charge in [0.1, 0.15) is 6.61 Å². The molecule has 5 nitrogen and oxygen atoms in total. The van der Waals surface area contributed by atoms with Crippen LogP contribution in [0.2, 0.25) is 0 Å². The molecule has 1 unspecified atom stereocenters. The van der Waals surface area contributed by atoms with Gasteiger partial charge in [0, 0.05) is 13.0 Å². The van der Waals surface area contributed by atoms with Gasteiger partial charge in [-0.25, -0.2) is 0 Å². The molecule has 0 bridgehead atoms. The summed E-state index contributed by atoms with van der Waals surface area (Å²) in [5, 5.41) is 0. The number of carbonyl (C=O) groups excluding carboxylic acids is 2. The molecule has 0 aromatic heterocycles. The van der Waals surface area contributed by atoms with Crippen molar-refractivity contribution < 1.29 is 23.8 Å². The standard InChI is InChI=1S/C57H86O5/c1-4-7-10-13-16-19-22-25-28-29-31-32-35-38-41-44-47-50-56(58)61-54-55(53-60-52-49-46-43-40-37-34-27-24-21-18-15-12-9-6-3)62-57(59)51-48-45-42-39-36-33-30-26-23-20-17-14-11-8-5-2/h7-12,16-21,25-28,30-32,34,36,38-39,41,45,48,55H,4-6,13-15,22-24,29,33,35,37,40,42-44,46-47,49-54H2,1-3H3/b10-7-,11-8-,12-9-,19-16-,20-17-,21-18-,28-25-,30-26-,32-31-,34-27-,39-36-,41-38-,48-45-. The van der Waals surface area contributed by atoms with E-state index in [1.54, 1.807) is 0 Å². The van der Waals surface area contributed by atoms with Crippen molar-refractivity contribution in [3.8, 4) is 0 Å². The van der Waals surface area contributed by atoms with Crippen molar-refractivity contribution in [2.24, 2.45) is 0 Å². The Bertz CT molecular complexity index is 1420. The van der Waals surface area contributed by atoms with Crippen molar-refractivity contribution in [1.82, 2.24) is 0 Å². The number of hydrogen-bond donors (Lipinski definition) is 0. The lowest BCUT2D eigenvalue weighted by Gasteiger charge is -2.18. The Morgan fingerprint density at radius 2 is 0.726 bits per heavy atom. The molecule has 0 aliphatic heterocycles. The molecular weight excluding hydrogens is 765 g/mol. The van der Waals surface area contributed by atoms with Crippen LogP contribution in [0.25, 0.3) is 0 Å². The fraction of sp³-hybridized carbons (Fsp3) is 0.509. The maximum Gasteiger partial charge on any atom is 0.310 e. The van der Waals surface area contributed by atoms with Crippen LogP contribution in [0.5, 0.6) is 0 Å². The first-order valence-electron chi connectivity index (χ1n) is 24.0. The average molecular weight is 851 g/mol. The van der Waals surface area contributed by atoms with Crippen molar-refractivity contribution in [2.45, 2.75) is 168 Å². The molecular formula is C57H86O5. The van der Waals surface area contributed by atoms with Gasteiger partial charge in [0.2, 0.25) is 0 Å². The molecule has 5 heteroatoms. The molecule has 0 N–H and O–H groups in total. The summed E-state index contributed by atoms with van der Waals surface area (Å²) in [6.07, 6.45) is 75.6. The van der Waals surface area contributed by atoms with Gasteiger partial charge in [-0.1, -0.05) is 192 Å². The molecule has 0 fully saturated rings. The molecule has 0 saturated heterocycles. The van der Waals surface area contributed by atoms with Gasteiger partial charge in [0.15, 0.2) is 6.10 Å². The molecule has 0 amide bonds. The molecule has 0 rings (SSSR count). The summed E-state index contributed by atoms with van der Waals surface area (Å²) in [6.45, 7) is 7.23. The minimum atomic E-state index is -0.637. The molecule has 62 heavy (non-hydrogen) atoms. The Morgan fingerprint density at radius 1 is 0.371 bits per heavy atom. The molecule has 0 saturated carbocycles. The molecule has 0 aromatic carbocycles. The molecule has 0 aliphatic carbocycles. The second-order valence-electron chi connectivity index (χ2n) is 14.9. The molecule has 0 radical (unpaired) electrons. The zero-order valence-electron chi connectivity index (χ0n) is 39.3. The maximum atomic E-state index is 12.7. The quantitative estimate of drug-likeness (QED) is 0.0348. The van der Waals surface area contributed by atoms with E-state index in [4.69, 9.17) is 14.2 Å².